The Bertz CT molecular complexity index is 503. The number of carbonyl (C=O) groups is 2. The topological polar surface area (TPSA) is 82.1 Å². The van der Waals surface area contributed by atoms with Crippen molar-refractivity contribution in [3.8, 4) is 5.75 Å². The van der Waals surface area contributed by atoms with E-state index in [2.05, 4.69) is 5.32 Å². The summed E-state index contributed by atoms with van der Waals surface area (Å²) in [4.78, 5) is 26.9. The second-order valence-electron chi connectivity index (χ2n) is 4.63. The molecule has 114 valence electrons. The number of aliphatic hydroxyl groups excluding tert-OH is 1. The van der Waals surface area contributed by atoms with Crippen LogP contribution in [0.25, 0.3) is 0 Å². The third kappa shape index (κ3) is 3.63. The maximum absolute atomic E-state index is 12.3. The van der Waals surface area contributed by atoms with Gasteiger partial charge in [-0.15, -0.1) is 0 Å². The number of hydrogen-bond acceptors (Lipinski definition) is 4. The number of anilines is 1. The van der Waals surface area contributed by atoms with E-state index in [0.29, 0.717) is 13.1 Å². The summed E-state index contributed by atoms with van der Waals surface area (Å²) in [5, 5.41) is 11.2. The minimum atomic E-state index is -0.269. The van der Waals surface area contributed by atoms with Gasteiger partial charge in [0.25, 0.3) is 0 Å². The average Bonchev–Trinajstić information content (AvgIpc) is 2.86. The van der Waals surface area contributed by atoms with Gasteiger partial charge in [-0.3, -0.25) is 9.69 Å². The SMILES string of the molecule is COc1ccc(N2CCN(CC(=O)NCCO)C2=O)cc1. The Morgan fingerprint density at radius 2 is 2.05 bits per heavy atom. The summed E-state index contributed by atoms with van der Waals surface area (Å²) in [6.45, 7) is 1.13. The van der Waals surface area contributed by atoms with Gasteiger partial charge < -0.3 is 20.1 Å². The number of methoxy groups -OCH3 is 1. The molecule has 0 aromatic heterocycles. The minimum absolute atomic E-state index is 0.00544. The normalized spacial score (nSPS) is 14.5. The Morgan fingerprint density at radius 1 is 1.33 bits per heavy atom. The fraction of sp³-hybridized carbons (Fsp3) is 0.429. The molecule has 2 N–H and O–H groups in total. The van der Waals surface area contributed by atoms with Crippen LogP contribution in [0.15, 0.2) is 24.3 Å². The molecule has 0 bridgehead atoms. The Hall–Kier alpha value is -2.28. The predicted octanol–water partition coefficient (Wildman–Crippen LogP) is 0.0457. The summed E-state index contributed by atoms with van der Waals surface area (Å²) in [7, 11) is 1.59. The maximum atomic E-state index is 12.3. The highest BCUT2D eigenvalue weighted by molar-refractivity contribution is 5.96. The number of urea groups is 1. The second kappa shape index (κ2) is 6.94. The minimum Gasteiger partial charge on any atom is -0.497 e. The van der Waals surface area contributed by atoms with E-state index >= 15 is 0 Å². The quantitative estimate of drug-likeness (QED) is 0.776. The van der Waals surface area contributed by atoms with Crippen molar-refractivity contribution in [2.45, 2.75) is 0 Å². The first kappa shape index (κ1) is 15.1. The van der Waals surface area contributed by atoms with Crippen LogP contribution in [0, 0.1) is 0 Å². The Morgan fingerprint density at radius 3 is 2.67 bits per heavy atom. The number of hydrogen-bond donors (Lipinski definition) is 2. The molecule has 1 aliphatic heterocycles. The molecule has 0 radical (unpaired) electrons. The molecular formula is C14H19N3O4. The van der Waals surface area contributed by atoms with Crippen LogP contribution in [0.2, 0.25) is 0 Å². The first-order chi connectivity index (χ1) is 10.2. The van der Waals surface area contributed by atoms with Crippen molar-refractivity contribution in [3.05, 3.63) is 24.3 Å². The lowest BCUT2D eigenvalue weighted by Gasteiger charge is -2.18. The lowest BCUT2D eigenvalue weighted by Crippen LogP contribution is -2.40. The number of ether oxygens (including phenoxy) is 1. The fourth-order valence-electron chi connectivity index (χ4n) is 2.16. The molecule has 1 aromatic carbocycles. The van der Waals surface area contributed by atoms with Crippen LogP contribution in [0.3, 0.4) is 0 Å². The van der Waals surface area contributed by atoms with Crippen LogP contribution in [0.1, 0.15) is 0 Å². The van der Waals surface area contributed by atoms with Crippen molar-refractivity contribution in [2.75, 3.05) is 44.8 Å². The van der Waals surface area contributed by atoms with Gasteiger partial charge in [0, 0.05) is 25.3 Å². The van der Waals surface area contributed by atoms with Crippen molar-refractivity contribution < 1.29 is 19.4 Å². The zero-order valence-electron chi connectivity index (χ0n) is 11.9. The lowest BCUT2D eigenvalue weighted by molar-refractivity contribution is -0.121. The molecule has 21 heavy (non-hydrogen) atoms. The molecule has 7 nitrogen and oxygen atoms in total. The predicted molar refractivity (Wildman–Crippen MR) is 77.4 cm³/mol. The molecule has 1 saturated heterocycles. The number of aliphatic hydroxyl groups is 1. The van der Waals surface area contributed by atoms with Crippen LogP contribution in [0.5, 0.6) is 5.75 Å². The summed E-state index contributed by atoms with van der Waals surface area (Å²) in [6.07, 6.45) is 0. The molecule has 0 aliphatic carbocycles. The first-order valence-electron chi connectivity index (χ1n) is 6.73. The summed E-state index contributed by atoms with van der Waals surface area (Å²) >= 11 is 0. The van der Waals surface area contributed by atoms with Gasteiger partial charge in [-0.05, 0) is 24.3 Å². The standard InChI is InChI=1S/C14H19N3O4/c1-21-12-4-2-11(3-5-12)17-8-7-16(14(17)20)10-13(19)15-6-9-18/h2-5,18H,6-10H2,1H3,(H,15,19). The molecule has 7 heteroatoms. The van der Waals surface area contributed by atoms with E-state index in [1.54, 1.807) is 24.1 Å². The van der Waals surface area contributed by atoms with Gasteiger partial charge in [-0.25, -0.2) is 4.79 Å². The van der Waals surface area contributed by atoms with Crippen molar-refractivity contribution in [1.29, 1.82) is 0 Å². The summed E-state index contributed by atoms with van der Waals surface area (Å²) in [5.41, 5.74) is 0.777. The molecule has 0 spiro atoms. The molecule has 0 atom stereocenters. The number of benzene rings is 1. The highest BCUT2D eigenvalue weighted by Crippen LogP contribution is 2.22. The summed E-state index contributed by atoms with van der Waals surface area (Å²) in [6, 6.07) is 7.01. The first-order valence-corrected chi connectivity index (χ1v) is 6.73. The van der Waals surface area contributed by atoms with Gasteiger partial charge in [0.2, 0.25) is 5.91 Å². The highest BCUT2D eigenvalue weighted by atomic mass is 16.5. The van der Waals surface area contributed by atoms with E-state index in [-0.39, 0.29) is 31.6 Å². The zero-order valence-corrected chi connectivity index (χ0v) is 11.9. The number of amides is 3. The van der Waals surface area contributed by atoms with E-state index in [9.17, 15) is 9.59 Å². The monoisotopic (exact) mass is 293 g/mol. The largest absolute Gasteiger partial charge is 0.497 e. The van der Waals surface area contributed by atoms with Crippen LogP contribution in [-0.4, -0.2) is 61.8 Å². The molecule has 3 amide bonds. The van der Waals surface area contributed by atoms with Gasteiger partial charge in [-0.1, -0.05) is 0 Å². The summed E-state index contributed by atoms with van der Waals surface area (Å²) in [5.74, 6) is 0.458. The van der Waals surface area contributed by atoms with Crippen LogP contribution in [0.4, 0.5) is 10.5 Å². The molecule has 1 fully saturated rings. The van der Waals surface area contributed by atoms with Gasteiger partial charge in [0.15, 0.2) is 0 Å². The summed E-state index contributed by atoms with van der Waals surface area (Å²) < 4.78 is 5.08. The van der Waals surface area contributed by atoms with E-state index in [1.807, 2.05) is 12.1 Å². The Balaban J connectivity index is 1.95. The van der Waals surface area contributed by atoms with E-state index < -0.39 is 0 Å². The zero-order chi connectivity index (χ0) is 15.2. The average molecular weight is 293 g/mol. The lowest BCUT2D eigenvalue weighted by atomic mass is 10.3. The van der Waals surface area contributed by atoms with Crippen LogP contribution < -0.4 is 15.0 Å². The second-order valence-corrected chi connectivity index (χ2v) is 4.63. The van der Waals surface area contributed by atoms with Crippen molar-refractivity contribution in [2.24, 2.45) is 0 Å². The van der Waals surface area contributed by atoms with Gasteiger partial charge >= 0.3 is 6.03 Å². The molecule has 0 saturated carbocycles. The third-order valence-electron chi connectivity index (χ3n) is 3.25. The third-order valence-corrected chi connectivity index (χ3v) is 3.25. The van der Waals surface area contributed by atoms with Crippen LogP contribution in [-0.2, 0) is 4.79 Å². The fourth-order valence-corrected chi connectivity index (χ4v) is 2.16. The van der Waals surface area contributed by atoms with E-state index in [4.69, 9.17) is 9.84 Å². The Labute approximate surface area is 123 Å². The van der Waals surface area contributed by atoms with Crippen molar-refractivity contribution in [1.82, 2.24) is 10.2 Å². The smallest absolute Gasteiger partial charge is 0.325 e. The van der Waals surface area contributed by atoms with E-state index in [0.717, 1.165) is 11.4 Å². The molecule has 2 rings (SSSR count). The number of rotatable bonds is 6. The number of carbonyl (C=O) groups excluding carboxylic acids is 2. The molecule has 1 aromatic rings. The molecule has 0 unspecified atom stereocenters. The number of nitrogens with zero attached hydrogens (tertiary/aromatic N) is 2. The molecule has 1 heterocycles. The number of nitrogens with one attached hydrogen (secondary N) is 1. The van der Waals surface area contributed by atoms with Gasteiger partial charge in [0.05, 0.1) is 13.7 Å². The van der Waals surface area contributed by atoms with Gasteiger partial charge in [0.1, 0.15) is 12.3 Å². The van der Waals surface area contributed by atoms with E-state index in [1.165, 1.54) is 4.90 Å². The molecular weight excluding hydrogens is 274 g/mol. The molecule has 1 aliphatic rings. The van der Waals surface area contributed by atoms with Gasteiger partial charge in [-0.2, -0.15) is 0 Å². The van der Waals surface area contributed by atoms with Crippen molar-refractivity contribution in [3.63, 3.8) is 0 Å². The highest BCUT2D eigenvalue weighted by Gasteiger charge is 2.30. The maximum Gasteiger partial charge on any atom is 0.325 e. The van der Waals surface area contributed by atoms with Crippen LogP contribution >= 0.6 is 0 Å². The van der Waals surface area contributed by atoms with Crippen molar-refractivity contribution >= 4 is 17.6 Å². The Kier molecular flexibility index (Phi) is 4.99.